The molecule has 0 saturated carbocycles. The molecule has 0 radical (unpaired) electrons. The molecule has 0 spiro atoms. The molecule has 0 aromatic heterocycles. The van der Waals surface area contributed by atoms with E-state index in [1.807, 2.05) is 12.3 Å². The first kappa shape index (κ1) is 21.9. The van der Waals surface area contributed by atoms with Crippen LogP contribution in [0.1, 0.15) is 42.1 Å². The van der Waals surface area contributed by atoms with Crippen LogP contribution in [0, 0.1) is 5.92 Å². The zero-order valence-corrected chi connectivity index (χ0v) is 17.3. The third-order valence-corrected chi connectivity index (χ3v) is 5.05. The van der Waals surface area contributed by atoms with Crippen molar-refractivity contribution >= 4 is 17.8 Å². The van der Waals surface area contributed by atoms with E-state index in [9.17, 15) is 9.59 Å². The van der Waals surface area contributed by atoms with Crippen molar-refractivity contribution in [3.05, 3.63) is 47.2 Å². The Kier molecular flexibility index (Phi) is 7.58. The van der Waals surface area contributed by atoms with Crippen molar-refractivity contribution in [3.63, 3.8) is 0 Å². The number of fused-ring (bicyclic) bond motifs is 1. The van der Waals surface area contributed by atoms with Crippen molar-refractivity contribution in [2.24, 2.45) is 5.92 Å². The topological polar surface area (TPSA) is 55.6 Å². The molecule has 1 aromatic carbocycles. The predicted octanol–water partition coefficient (Wildman–Crippen LogP) is 0.359. The van der Waals surface area contributed by atoms with E-state index in [-0.39, 0.29) is 29.9 Å². The normalized spacial score (nSPS) is 19.1. The molecule has 1 aromatic rings. The van der Waals surface area contributed by atoms with Gasteiger partial charge in [-0.05, 0) is 36.6 Å². The standard InChI is InChI=1S/C22H26NO4.ClH/c1-15(24)5-4-8-23-9-6-16(7-10-23)11-18-12-17-13-20(26-2)21(27-3)14-19(17)22(18)25;/h6,9-11,13-14,18H,4-5,7-8,12H2,1-3H3;1H/q+1;/p-1. The smallest absolute Gasteiger partial charge is 0.170 e. The summed E-state index contributed by atoms with van der Waals surface area (Å²) in [5.41, 5.74) is 2.88. The first-order chi connectivity index (χ1) is 13.0. The van der Waals surface area contributed by atoms with Crippen molar-refractivity contribution < 1.29 is 36.0 Å². The number of Topliss-reactive ketones (excluding diaryl/α,β-unsaturated/α-hetero) is 2. The summed E-state index contributed by atoms with van der Waals surface area (Å²) in [6.45, 7) is 2.47. The van der Waals surface area contributed by atoms with Crippen LogP contribution < -0.4 is 21.9 Å². The van der Waals surface area contributed by atoms with Crippen LogP contribution in [0.5, 0.6) is 11.5 Å². The van der Waals surface area contributed by atoms with Crippen LogP contribution in [-0.4, -0.2) is 43.1 Å². The van der Waals surface area contributed by atoms with Gasteiger partial charge in [0, 0.05) is 30.4 Å². The quantitative estimate of drug-likeness (QED) is 0.617. The number of rotatable bonds is 7. The number of hydrogen-bond donors (Lipinski definition) is 0. The van der Waals surface area contributed by atoms with Crippen LogP contribution in [-0.2, 0) is 11.2 Å². The lowest BCUT2D eigenvalue weighted by Crippen LogP contribution is -3.00. The molecule has 28 heavy (non-hydrogen) atoms. The molecule has 2 aliphatic rings. The largest absolute Gasteiger partial charge is 1.00 e. The van der Waals surface area contributed by atoms with E-state index in [0.717, 1.165) is 36.1 Å². The van der Waals surface area contributed by atoms with Gasteiger partial charge in [-0.2, -0.15) is 0 Å². The minimum atomic E-state index is -0.144. The lowest BCUT2D eigenvalue weighted by Gasteiger charge is -2.09. The molecule has 3 rings (SSSR count). The number of halogens is 1. The Morgan fingerprint density at radius 1 is 1.25 bits per heavy atom. The van der Waals surface area contributed by atoms with E-state index in [2.05, 4.69) is 22.9 Å². The van der Waals surface area contributed by atoms with Crippen molar-refractivity contribution in [1.29, 1.82) is 0 Å². The number of nitrogens with zero attached hydrogens (tertiary/aromatic N) is 1. The van der Waals surface area contributed by atoms with E-state index in [1.54, 1.807) is 27.2 Å². The minimum absolute atomic E-state index is 0. The summed E-state index contributed by atoms with van der Waals surface area (Å²) in [5.74, 6) is 1.46. The van der Waals surface area contributed by atoms with Gasteiger partial charge in [0.05, 0.1) is 20.6 Å². The second kappa shape index (κ2) is 9.69. The van der Waals surface area contributed by atoms with Gasteiger partial charge in [0.15, 0.2) is 23.5 Å². The van der Waals surface area contributed by atoms with E-state index < -0.39 is 0 Å². The first-order valence-electron chi connectivity index (χ1n) is 9.28. The predicted molar refractivity (Wildman–Crippen MR) is 104 cm³/mol. The molecule has 0 saturated heterocycles. The lowest BCUT2D eigenvalue weighted by atomic mass is 9.99. The Morgan fingerprint density at radius 2 is 1.96 bits per heavy atom. The monoisotopic (exact) mass is 403 g/mol. The molecule has 0 bridgehead atoms. The summed E-state index contributed by atoms with van der Waals surface area (Å²) < 4.78 is 12.8. The van der Waals surface area contributed by atoms with Crippen molar-refractivity contribution in [3.8, 4) is 11.5 Å². The third-order valence-electron chi connectivity index (χ3n) is 5.05. The molecular weight excluding hydrogens is 378 g/mol. The maximum absolute atomic E-state index is 12.8. The molecule has 6 heteroatoms. The summed E-state index contributed by atoms with van der Waals surface area (Å²) in [7, 11) is 3.18. The summed E-state index contributed by atoms with van der Waals surface area (Å²) in [4.78, 5) is 23.8. The minimum Gasteiger partial charge on any atom is -1.00 e. The molecule has 1 heterocycles. The van der Waals surface area contributed by atoms with E-state index in [0.29, 0.717) is 24.3 Å². The van der Waals surface area contributed by atoms with Gasteiger partial charge in [-0.25, -0.2) is 4.58 Å². The molecule has 1 unspecified atom stereocenters. The SMILES string of the molecule is COc1cc2c(cc1OC)C(=O)C(C=C1C=C[N+](CCCC(C)=O)=CC1)C2.[Cl-]. The van der Waals surface area contributed by atoms with Crippen LogP contribution >= 0.6 is 0 Å². The zero-order valence-electron chi connectivity index (χ0n) is 16.5. The number of hydrogen-bond acceptors (Lipinski definition) is 4. The van der Waals surface area contributed by atoms with Crippen LogP contribution in [0.3, 0.4) is 0 Å². The molecule has 150 valence electrons. The number of methoxy groups -OCH3 is 2. The van der Waals surface area contributed by atoms with E-state index in [1.165, 1.54) is 0 Å². The Bertz CT molecular complexity index is 854. The fraction of sp³-hybridized carbons (Fsp3) is 0.409. The number of carbonyl (C=O) groups is 2. The van der Waals surface area contributed by atoms with Gasteiger partial charge >= 0.3 is 0 Å². The van der Waals surface area contributed by atoms with Crippen molar-refractivity contribution in [2.45, 2.75) is 32.6 Å². The van der Waals surface area contributed by atoms with Crippen LogP contribution in [0.4, 0.5) is 0 Å². The fourth-order valence-electron chi connectivity index (χ4n) is 3.58. The second-order valence-electron chi connectivity index (χ2n) is 7.03. The average molecular weight is 404 g/mol. The molecule has 1 atom stereocenters. The van der Waals surface area contributed by atoms with Crippen molar-refractivity contribution in [2.75, 3.05) is 20.8 Å². The maximum atomic E-state index is 12.8. The summed E-state index contributed by atoms with van der Waals surface area (Å²) in [6, 6.07) is 3.69. The van der Waals surface area contributed by atoms with E-state index >= 15 is 0 Å². The lowest BCUT2D eigenvalue weighted by molar-refractivity contribution is -0.454. The van der Waals surface area contributed by atoms with Crippen LogP contribution in [0.15, 0.2) is 36.1 Å². The highest BCUT2D eigenvalue weighted by molar-refractivity contribution is 6.04. The molecule has 0 amide bonds. The summed E-state index contributed by atoms with van der Waals surface area (Å²) >= 11 is 0. The number of ether oxygens (including phenoxy) is 2. The van der Waals surface area contributed by atoms with Crippen LogP contribution in [0.25, 0.3) is 0 Å². The Balaban J connectivity index is 0.00000280. The highest BCUT2D eigenvalue weighted by atomic mass is 35.5. The van der Waals surface area contributed by atoms with Gasteiger partial charge < -0.3 is 26.7 Å². The van der Waals surface area contributed by atoms with Gasteiger partial charge in [-0.1, -0.05) is 6.08 Å². The molecule has 1 aliphatic heterocycles. The van der Waals surface area contributed by atoms with Crippen molar-refractivity contribution in [1.82, 2.24) is 0 Å². The number of carbonyl (C=O) groups excluding carboxylic acids is 2. The van der Waals surface area contributed by atoms with Gasteiger partial charge in [0.2, 0.25) is 0 Å². The number of benzene rings is 1. The highest BCUT2D eigenvalue weighted by Gasteiger charge is 2.31. The fourth-order valence-corrected chi connectivity index (χ4v) is 3.58. The Morgan fingerprint density at radius 3 is 2.57 bits per heavy atom. The number of allylic oxidation sites excluding steroid dienone is 3. The maximum Gasteiger partial charge on any atom is 0.170 e. The Hall–Kier alpha value is -2.40. The third kappa shape index (κ3) is 4.90. The van der Waals surface area contributed by atoms with Gasteiger partial charge in [0.25, 0.3) is 0 Å². The molecule has 1 aliphatic carbocycles. The summed E-state index contributed by atoms with van der Waals surface area (Å²) in [5, 5.41) is 0. The average Bonchev–Trinajstić information content (AvgIpc) is 2.96. The molecular formula is C22H26ClNO4. The molecule has 5 nitrogen and oxygen atoms in total. The van der Waals surface area contributed by atoms with Gasteiger partial charge in [-0.15, -0.1) is 0 Å². The summed E-state index contributed by atoms with van der Waals surface area (Å²) in [6.07, 6.45) is 11.2. The van der Waals surface area contributed by atoms with Crippen LogP contribution in [0.2, 0.25) is 0 Å². The second-order valence-corrected chi connectivity index (χ2v) is 7.03. The van der Waals surface area contributed by atoms with Gasteiger partial charge in [-0.3, -0.25) is 4.79 Å². The number of ketones is 2. The molecule has 0 fully saturated rings. The first-order valence-corrected chi connectivity index (χ1v) is 9.28. The van der Waals surface area contributed by atoms with Gasteiger partial charge in [0.1, 0.15) is 18.5 Å². The Labute approximate surface area is 172 Å². The zero-order chi connectivity index (χ0) is 19.4. The highest BCUT2D eigenvalue weighted by Crippen LogP contribution is 2.37. The molecule has 0 N–H and O–H groups in total. The van der Waals surface area contributed by atoms with E-state index in [4.69, 9.17) is 9.47 Å².